The largest absolute Gasteiger partial charge is 0.341 e. The van der Waals surface area contributed by atoms with Crippen LogP contribution in [0, 0.1) is 13.8 Å². The Balaban J connectivity index is 1.65. The zero-order chi connectivity index (χ0) is 18.0. The molecule has 2 aromatic rings. The van der Waals surface area contributed by atoms with Gasteiger partial charge in [-0.1, -0.05) is 17.4 Å². The number of aryl methyl sites for hydroxylation is 2. The first kappa shape index (κ1) is 17.7. The maximum atomic E-state index is 12.2. The van der Waals surface area contributed by atoms with Crippen molar-refractivity contribution in [2.24, 2.45) is 0 Å². The molecule has 2 unspecified atom stereocenters. The molecule has 0 aliphatic carbocycles. The van der Waals surface area contributed by atoms with Crippen LogP contribution in [0.5, 0.6) is 0 Å². The summed E-state index contributed by atoms with van der Waals surface area (Å²) in [6.07, 6.45) is 3.58. The zero-order valence-corrected chi connectivity index (χ0v) is 16.0. The number of benzene rings is 1. The van der Waals surface area contributed by atoms with Crippen molar-refractivity contribution in [1.82, 2.24) is 10.2 Å². The third-order valence-corrected chi connectivity index (χ3v) is 5.38. The minimum atomic E-state index is -0.299. The van der Waals surface area contributed by atoms with Crippen molar-refractivity contribution < 1.29 is 4.79 Å². The van der Waals surface area contributed by atoms with Gasteiger partial charge in [0, 0.05) is 17.8 Å². The van der Waals surface area contributed by atoms with E-state index in [2.05, 4.69) is 45.6 Å². The summed E-state index contributed by atoms with van der Waals surface area (Å²) in [6, 6.07) is 6.56. The van der Waals surface area contributed by atoms with Crippen LogP contribution in [0.3, 0.4) is 0 Å². The van der Waals surface area contributed by atoms with E-state index in [4.69, 9.17) is 0 Å². The minimum Gasteiger partial charge on any atom is -0.341 e. The molecule has 25 heavy (non-hydrogen) atoms. The minimum absolute atomic E-state index is 0.299. The van der Waals surface area contributed by atoms with Crippen molar-refractivity contribution in [1.29, 1.82) is 0 Å². The second kappa shape index (κ2) is 7.39. The Hall–Kier alpha value is -2.15. The lowest BCUT2D eigenvalue weighted by Crippen LogP contribution is -2.43. The molecular formula is C18H25N5OS. The van der Waals surface area contributed by atoms with Crippen molar-refractivity contribution in [3.63, 3.8) is 0 Å². The molecule has 2 heterocycles. The predicted molar refractivity (Wildman–Crippen MR) is 104 cm³/mol. The van der Waals surface area contributed by atoms with Gasteiger partial charge in [0.1, 0.15) is 0 Å². The Morgan fingerprint density at radius 3 is 2.36 bits per heavy atom. The molecule has 2 N–H and O–H groups in total. The zero-order valence-electron chi connectivity index (χ0n) is 15.2. The van der Waals surface area contributed by atoms with E-state index in [0.717, 1.165) is 21.9 Å². The molecule has 134 valence electrons. The average Bonchev–Trinajstić information content (AvgIpc) is 2.93. The van der Waals surface area contributed by atoms with Gasteiger partial charge in [0.05, 0.1) is 0 Å². The molecule has 3 rings (SSSR count). The van der Waals surface area contributed by atoms with Crippen molar-refractivity contribution in [2.45, 2.75) is 59.0 Å². The number of hydrogen-bond donors (Lipinski definition) is 2. The van der Waals surface area contributed by atoms with E-state index in [1.807, 2.05) is 26.0 Å². The number of carbonyl (C=O) groups is 1. The molecule has 7 heteroatoms. The molecule has 1 aliphatic rings. The monoisotopic (exact) mass is 359 g/mol. The number of anilines is 3. The highest BCUT2D eigenvalue weighted by molar-refractivity contribution is 7.19. The molecule has 1 aromatic heterocycles. The normalized spacial score (nSPS) is 20.4. The smallest absolute Gasteiger partial charge is 0.325 e. The number of nitrogens with one attached hydrogen (secondary N) is 2. The summed E-state index contributed by atoms with van der Waals surface area (Å²) < 4.78 is 0. The fourth-order valence-corrected chi connectivity index (χ4v) is 4.42. The van der Waals surface area contributed by atoms with Crippen LogP contribution in [-0.2, 0) is 0 Å². The van der Waals surface area contributed by atoms with Crippen molar-refractivity contribution in [3.05, 3.63) is 29.3 Å². The number of aromatic nitrogens is 2. The Bertz CT molecular complexity index is 729. The second-order valence-electron chi connectivity index (χ2n) is 6.88. The van der Waals surface area contributed by atoms with Crippen LogP contribution in [-0.4, -0.2) is 28.3 Å². The van der Waals surface area contributed by atoms with Crippen LogP contribution in [0.15, 0.2) is 18.2 Å². The topological polar surface area (TPSA) is 70.1 Å². The van der Waals surface area contributed by atoms with Crippen LogP contribution in [0.4, 0.5) is 20.7 Å². The summed E-state index contributed by atoms with van der Waals surface area (Å²) in [5.41, 5.74) is 3.00. The number of carbonyl (C=O) groups excluding carboxylic acids is 1. The summed E-state index contributed by atoms with van der Waals surface area (Å²) >= 11 is 1.42. The van der Waals surface area contributed by atoms with Crippen molar-refractivity contribution in [2.75, 3.05) is 15.5 Å². The molecular weight excluding hydrogens is 334 g/mol. The summed E-state index contributed by atoms with van der Waals surface area (Å²) in [7, 11) is 0. The van der Waals surface area contributed by atoms with E-state index in [1.54, 1.807) is 0 Å². The summed E-state index contributed by atoms with van der Waals surface area (Å²) in [6.45, 7) is 8.45. The number of piperidine rings is 1. The molecule has 2 atom stereocenters. The first-order chi connectivity index (χ1) is 11.9. The Labute approximate surface area is 152 Å². The number of nitrogens with zero attached hydrogens (tertiary/aromatic N) is 3. The van der Waals surface area contributed by atoms with Crippen LogP contribution in [0.2, 0.25) is 0 Å². The van der Waals surface area contributed by atoms with E-state index >= 15 is 0 Å². The van der Waals surface area contributed by atoms with Gasteiger partial charge in [0.2, 0.25) is 10.3 Å². The Kier molecular flexibility index (Phi) is 5.22. The van der Waals surface area contributed by atoms with Gasteiger partial charge in [-0.15, -0.1) is 10.2 Å². The van der Waals surface area contributed by atoms with E-state index in [9.17, 15) is 4.79 Å². The molecule has 0 saturated carbocycles. The summed E-state index contributed by atoms with van der Waals surface area (Å²) in [5.74, 6) is 0. The standard InChI is InChI=1S/C18H25N5OS/c1-11-8-12(2)10-15(9-11)19-16(24)20-17-21-22-18(25-17)23-13(3)6-5-7-14(23)4/h8-10,13-14H,5-7H2,1-4H3,(H2,19,20,21,24). The average molecular weight is 359 g/mol. The quantitative estimate of drug-likeness (QED) is 0.842. The number of hydrogen-bond acceptors (Lipinski definition) is 5. The Morgan fingerprint density at radius 2 is 1.72 bits per heavy atom. The van der Waals surface area contributed by atoms with Crippen molar-refractivity contribution in [3.8, 4) is 0 Å². The highest BCUT2D eigenvalue weighted by Crippen LogP contribution is 2.32. The molecule has 1 aliphatic heterocycles. The number of urea groups is 1. The highest BCUT2D eigenvalue weighted by Gasteiger charge is 2.27. The number of amides is 2. The first-order valence-corrected chi connectivity index (χ1v) is 9.52. The SMILES string of the molecule is Cc1cc(C)cc(NC(=O)Nc2nnc(N3C(C)CCCC3C)s2)c1. The molecule has 1 aromatic carbocycles. The fraction of sp³-hybridized carbons (Fsp3) is 0.500. The number of rotatable bonds is 3. The molecule has 2 amide bonds. The lowest BCUT2D eigenvalue weighted by atomic mass is 9.98. The van der Waals surface area contributed by atoms with Gasteiger partial charge in [-0.25, -0.2) is 4.79 Å². The van der Waals surface area contributed by atoms with Gasteiger partial charge in [-0.05, 0) is 70.2 Å². The third kappa shape index (κ3) is 4.28. The molecule has 1 fully saturated rings. The lowest BCUT2D eigenvalue weighted by Gasteiger charge is -2.38. The summed E-state index contributed by atoms with van der Waals surface area (Å²) in [5, 5.41) is 15.4. The lowest BCUT2D eigenvalue weighted by molar-refractivity contribution is 0.262. The maximum Gasteiger partial charge on any atom is 0.325 e. The second-order valence-corrected chi connectivity index (χ2v) is 7.84. The Morgan fingerprint density at radius 1 is 1.08 bits per heavy atom. The fourth-order valence-electron chi connectivity index (χ4n) is 3.47. The van der Waals surface area contributed by atoms with Gasteiger partial charge < -0.3 is 10.2 Å². The van der Waals surface area contributed by atoms with E-state index < -0.39 is 0 Å². The van der Waals surface area contributed by atoms with Crippen LogP contribution in [0.25, 0.3) is 0 Å². The maximum absolute atomic E-state index is 12.2. The van der Waals surface area contributed by atoms with E-state index in [-0.39, 0.29) is 6.03 Å². The van der Waals surface area contributed by atoms with Gasteiger partial charge in [0.15, 0.2) is 0 Å². The van der Waals surface area contributed by atoms with E-state index in [0.29, 0.717) is 17.2 Å². The predicted octanol–water partition coefficient (Wildman–Crippen LogP) is 4.57. The van der Waals surface area contributed by atoms with Gasteiger partial charge in [0.25, 0.3) is 0 Å². The van der Waals surface area contributed by atoms with Gasteiger partial charge >= 0.3 is 6.03 Å². The molecule has 1 saturated heterocycles. The van der Waals surface area contributed by atoms with Gasteiger partial charge in [-0.2, -0.15) is 0 Å². The van der Waals surface area contributed by atoms with Crippen LogP contribution < -0.4 is 15.5 Å². The molecule has 0 spiro atoms. The van der Waals surface area contributed by atoms with Crippen LogP contribution in [0.1, 0.15) is 44.2 Å². The first-order valence-electron chi connectivity index (χ1n) is 8.70. The van der Waals surface area contributed by atoms with E-state index in [1.165, 1.54) is 30.6 Å². The summed E-state index contributed by atoms with van der Waals surface area (Å²) in [4.78, 5) is 14.5. The molecule has 6 nitrogen and oxygen atoms in total. The van der Waals surface area contributed by atoms with Crippen LogP contribution >= 0.6 is 11.3 Å². The third-order valence-electron chi connectivity index (χ3n) is 4.53. The highest BCUT2D eigenvalue weighted by atomic mass is 32.1. The molecule has 0 bridgehead atoms. The van der Waals surface area contributed by atoms with Gasteiger partial charge in [-0.3, -0.25) is 5.32 Å². The molecule has 0 radical (unpaired) electrons. The van der Waals surface area contributed by atoms with Crippen molar-refractivity contribution >= 4 is 33.3 Å².